The van der Waals surface area contributed by atoms with Gasteiger partial charge in [-0.2, -0.15) is 0 Å². The maximum absolute atomic E-state index is 11.3. The van der Waals surface area contributed by atoms with Crippen LogP contribution in [0.2, 0.25) is 0 Å². The molecule has 5 atom stereocenters. The molecular formula is C10H13NaO6S. The van der Waals surface area contributed by atoms with E-state index in [1.165, 1.54) is 0 Å². The Bertz CT molecular complexity index is 447. The van der Waals surface area contributed by atoms with Gasteiger partial charge in [0.1, 0.15) is 22.0 Å². The van der Waals surface area contributed by atoms with Gasteiger partial charge in [-0.25, -0.2) is 8.42 Å². The van der Waals surface area contributed by atoms with Gasteiger partial charge in [-0.1, -0.05) is 0 Å². The van der Waals surface area contributed by atoms with Crippen LogP contribution in [0.4, 0.5) is 0 Å². The van der Waals surface area contributed by atoms with E-state index in [0.717, 1.165) is 12.8 Å². The molecule has 1 saturated heterocycles. The second-order valence-corrected chi connectivity index (χ2v) is 6.51. The first-order chi connectivity index (χ1) is 7.94. The summed E-state index contributed by atoms with van der Waals surface area (Å²) in [7, 11) is -4.56. The Labute approximate surface area is 127 Å². The molecule has 2 aliphatic carbocycles. The first kappa shape index (κ1) is 14.7. The molecule has 0 aromatic heterocycles. The number of esters is 1. The van der Waals surface area contributed by atoms with Crippen molar-refractivity contribution in [3.63, 3.8) is 0 Å². The molecule has 3 aliphatic rings. The second-order valence-electron chi connectivity index (χ2n) is 5.11. The zero-order valence-corrected chi connectivity index (χ0v) is 12.9. The Hall–Kier alpha value is 0.340. The van der Waals surface area contributed by atoms with Crippen LogP contribution in [0.15, 0.2) is 0 Å². The van der Waals surface area contributed by atoms with Crippen LogP contribution in [-0.2, 0) is 24.4 Å². The Kier molecular flexibility index (Phi) is 4.12. The maximum Gasteiger partial charge on any atom is 1.00 e. The number of fused-ring (bicyclic) bond motifs is 1. The second kappa shape index (κ2) is 5.03. The predicted molar refractivity (Wildman–Crippen MR) is 53.9 cm³/mol. The largest absolute Gasteiger partial charge is 1.00 e. The van der Waals surface area contributed by atoms with Gasteiger partial charge in [-0.3, -0.25) is 4.79 Å². The van der Waals surface area contributed by atoms with Crippen molar-refractivity contribution in [1.82, 2.24) is 0 Å². The van der Waals surface area contributed by atoms with Crippen LogP contribution in [0.25, 0.3) is 0 Å². The molecule has 0 radical (unpaired) electrons. The van der Waals surface area contributed by atoms with Crippen molar-refractivity contribution in [3.05, 3.63) is 0 Å². The van der Waals surface area contributed by atoms with Crippen LogP contribution >= 0.6 is 0 Å². The zero-order chi connectivity index (χ0) is 12.2. The molecule has 0 amide bonds. The molecule has 0 aromatic carbocycles. The zero-order valence-electron chi connectivity index (χ0n) is 10.1. The van der Waals surface area contributed by atoms with E-state index < -0.39 is 21.8 Å². The first-order valence-electron chi connectivity index (χ1n) is 5.69. The van der Waals surface area contributed by atoms with Crippen LogP contribution in [0.5, 0.6) is 0 Å². The summed E-state index contributed by atoms with van der Waals surface area (Å²) in [6.45, 7) is 0.708. The molecule has 5 unspecified atom stereocenters. The van der Waals surface area contributed by atoms with Crippen LogP contribution in [0.3, 0.4) is 0 Å². The number of rotatable bonds is 3. The van der Waals surface area contributed by atoms with Crippen molar-refractivity contribution in [1.29, 1.82) is 0 Å². The summed E-state index contributed by atoms with van der Waals surface area (Å²) in [5.74, 6) is -0.748. The number of hydrogen-bond donors (Lipinski definition) is 0. The van der Waals surface area contributed by atoms with Crippen LogP contribution < -0.4 is 29.6 Å². The van der Waals surface area contributed by atoms with Gasteiger partial charge < -0.3 is 14.0 Å². The van der Waals surface area contributed by atoms with Gasteiger partial charge in [-0.15, -0.1) is 0 Å². The van der Waals surface area contributed by atoms with Gasteiger partial charge >= 0.3 is 35.5 Å². The summed E-state index contributed by atoms with van der Waals surface area (Å²) in [4.78, 5) is 11.3. The molecule has 0 N–H and O–H groups in total. The molecule has 1 aliphatic heterocycles. The standard InChI is InChI=1S/C10H14O6S.Na/c11-8(4-17(12,13)14)16-9-5-1-6-3-15-10(9)7(6)2-5;/h5-7,9-10H,1-4H2,(H,12,13,14);/q;+1/p-1. The fraction of sp³-hybridized carbons (Fsp3) is 0.900. The third kappa shape index (κ3) is 2.62. The quantitative estimate of drug-likeness (QED) is 0.303. The number of carbonyl (C=O) groups is 1. The van der Waals surface area contributed by atoms with Crippen LogP contribution in [0, 0.1) is 17.8 Å². The van der Waals surface area contributed by atoms with Crippen molar-refractivity contribution in [2.75, 3.05) is 12.4 Å². The summed E-state index contributed by atoms with van der Waals surface area (Å²) in [6.07, 6.45) is 1.52. The first-order valence-corrected chi connectivity index (χ1v) is 7.26. The molecule has 3 fully saturated rings. The summed E-state index contributed by atoms with van der Waals surface area (Å²) < 4.78 is 42.0. The predicted octanol–water partition coefficient (Wildman–Crippen LogP) is -3.50. The minimum Gasteiger partial charge on any atom is -0.748 e. The van der Waals surface area contributed by atoms with E-state index in [-0.39, 0.29) is 47.7 Å². The summed E-state index contributed by atoms with van der Waals surface area (Å²) in [6, 6.07) is 0. The van der Waals surface area contributed by atoms with E-state index in [9.17, 15) is 17.8 Å². The smallest absolute Gasteiger partial charge is 0.748 e. The summed E-state index contributed by atoms with van der Waals surface area (Å²) in [5.41, 5.74) is 0. The van der Waals surface area contributed by atoms with E-state index in [1.54, 1.807) is 0 Å². The molecule has 2 saturated carbocycles. The van der Waals surface area contributed by atoms with Crippen molar-refractivity contribution in [2.45, 2.75) is 25.0 Å². The molecule has 6 nitrogen and oxygen atoms in total. The molecule has 0 aromatic rings. The Balaban J connectivity index is 0.00000120. The SMILES string of the molecule is O=C(CS(=O)(=O)[O-])OC1C2CC3COC1C3C2.[Na+]. The Morgan fingerprint density at radius 3 is 2.72 bits per heavy atom. The van der Waals surface area contributed by atoms with E-state index in [1.807, 2.05) is 0 Å². The van der Waals surface area contributed by atoms with E-state index in [0.29, 0.717) is 18.4 Å². The Morgan fingerprint density at radius 1 is 1.33 bits per heavy atom. The molecule has 8 heteroatoms. The fourth-order valence-corrected chi connectivity index (χ4v) is 3.88. The van der Waals surface area contributed by atoms with Gasteiger partial charge in [-0.05, 0) is 30.6 Å². The van der Waals surface area contributed by atoms with Crippen molar-refractivity contribution in [3.8, 4) is 0 Å². The van der Waals surface area contributed by atoms with Gasteiger partial charge in [0.25, 0.3) is 0 Å². The number of hydrogen-bond acceptors (Lipinski definition) is 6. The molecule has 96 valence electrons. The topological polar surface area (TPSA) is 92.7 Å². The maximum atomic E-state index is 11.3. The summed E-state index contributed by atoms with van der Waals surface area (Å²) >= 11 is 0. The normalized spacial score (nSPS) is 40.6. The van der Waals surface area contributed by atoms with E-state index >= 15 is 0 Å². The molecule has 18 heavy (non-hydrogen) atoms. The molecule has 1 heterocycles. The number of ether oxygens (including phenoxy) is 2. The van der Waals surface area contributed by atoms with Gasteiger partial charge in [0, 0.05) is 0 Å². The molecule has 3 rings (SSSR count). The average Bonchev–Trinajstić information content (AvgIpc) is 2.73. The number of carbonyl (C=O) groups excluding carboxylic acids is 1. The summed E-state index contributed by atoms with van der Waals surface area (Å²) in [5, 5.41) is 0. The van der Waals surface area contributed by atoms with Crippen LogP contribution in [0.1, 0.15) is 12.8 Å². The van der Waals surface area contributed by atoms with Gasteiger partial charge in [0.2, 0.25) is 0 Å². The molecular weight excluding hydrogens is 271 g/mol. The minimum atomic E-state index is -4.56. The fourth-order valence-electron chi connectivity index (χ4n) is 3.52. The van der Waals surface area contributed by atoms with Crippen molar-refractivity contribution >= 4 is 16.1 Å². The van der Waals surface area contributed by atoms with Gasteiger partial charge in [0.15, 0.2) is 0 Å². The van der Waals surface area contributed by atoms with E-state index in [2.05, 4.69) is 0 Å². The monoisotopic (exact) mass is 284 g/mol. The van der Waals surface area contributed by atoms with Crippen molar-refractivity contribution < 1.29 is 56.8 Å². The average molecular weight is 284 g/mol. The van der Waals surface area contributed by atoms with Gasteiger partial charge in [0.05, 0.1) is 12.7 Å². The molecule has 2 bridgehead atoms. The van der Waals surface area contributed by atoms with E-state index in [4.69, 9.17) is 9.47 Å². The van der Waals surface area contributed by atoms with Crippen molar-refractivity contribution in [2.24, 2.45) is 17.8 Å². The van der Waals surface area contributed by atoms with Crippen LogP contribution in [-0.4, -0.2) is 43.5 Å². The third-order valence-corrected chi connectivity index (χ3v) is 4.65. The molecule has 0 spiro atoms. The minimum absolute atomic E-state index is 0. The third-order valence-electron chi connectivity index (χ3n) is 4.06. The Morgan fingerprint density at radius 2 is 2.06 bits per heavy atom.